The van der Waals surface area contributed by atoms with Crippen LogP contribution in [0, 0.1) is 5.41 Å². The second kappa shape index (κ2) is 5.88. The average Bonchev–Trinajstić information content (AvgIpc) is 2.49. The Morgan fingerprint density at radius 3 is 2.50 bits per heavy atom. The molecule has 0 bridgehead atoms. The first-order valence-corrected chi connectivity index (χ1v) is 8.66. The van der Waals surface area contributed by atoms with Crippen LogP contribution in [0.25, 0.3) is 0 Å². The van der Waals surface area contributed by atoms with Crippen molar-refractivity contribution in [2.24, 2.45) is 11.1 Å². The summed E-state index contributed by atoms with van der Waals surface area (Å²) in [5, 5.41) is 3.42. The van der Waals surface area contributed by atoms with E-state index in [9.17, 15) is 8.42 Å². The zero-order valence-corrected chi connectivity index (χ0v) is 12.8. The third kappa shape index (κ3) is 5.24. The Morgan fingerprint density at radius 2 is 2.00 bits per heavy atom. The van der Waals surface area contributed by atoms with Crippen LogP contribution in [0.3, 0.4) is 0 Å². The zero-order valence-electron chi connectivity index (χ0n) is 12.0. The second-order valence-corrected chi connectivity index (χ2v) is 8.82. The van der Waals surface area contributed by atoms with Crippen molar-refractivity contribution in [3.8, 4) is 0 Å². The molecule has 1 fully saturated rings. The number of rotatable bonds is 7. The van der Waals surface area contributed by atoms with E-state index in [-0.39, 0.29) is 11.3 Å². The minimum Gasteiger partial charge on any atom is -0.330 e. The van der Waals surface area contributed by atoms with E-state index in [1.54, 1.807) is 0 Å². The van der Waals surface area contributed by atoms with Crippen LogP contribution in [-0.2, 0) is 9.84 Å². The van der Waals surface area contributed by atoms with Crippen molar-refractivity contribution >= 4 is 9.84 Å². The molecule has 1 saturated heterocycles. The Balaban J connectivity index is 2.27. The predicted octanol–water partition coefficient (Wildman–Crippen LogP) is 1.31. The molecule has 0 aliphatic carbocycles. The monoisotopic (exact) mass is 276 g/mol. The maximum absolute atomic E-state index is 11.5. The van der Waals surface area contributed by atoms with Crippen LogP contribution in [-0.4, -0.2) is 38.6 Å². The molecule has 1 aliphatic heterocycles. The van der Waals surface area contributed by atoms with E-state index in [4.69, 9.17) is 5.73 Å². The molecule has 1 aliphatic rings. The van der Waals surface area contributed by atoms with Crippen LogP contribution in [0.5, 0.6) is 0 Å². The van der Waals surface area contributed by atoms with Gasteiger partial charge in [-0.15, -0.1) is 0 Å². The fraction of sp³-hybridized carbons (Fsp3) is 1.00. The molecule has 3 N–H and O–H groups in total. The van der Waals surface area contributed by atoms with Crippen molar-refractivity contribution in [3.05, 3.63) is 0 Å². The van der Waals surface area contributed by atoms with Crippen molar-refractivity contribution in [1.29, 1.82) is 0 Å². The SMILES string of the molecule is CC(C)(CCN)CCCNC1(C)CCS(=O)(=O)C1. The molecule has 1 heterocycles. The van der Waals surface area contributed by atoms with Gasteiger partial charge in [0.2, 0.25) is 0 Å². The topological polar surface area (TPSA) is 72.2 Å². The Kier molecular flexibility index (Phi) is 5.21. The number of nitrogens with one attached hydrogen (secondary N) is 1. The van der Waals surface area contributed by atoms with E-state index in [2.05, 4.69) is 19.2 Å². The van der Waals surface area contributed by atoms with Gasteiger partial charge in [-0.1, -0.05) is 13.8 Å². The lowest BCUT2D eigenvalue weighted by molar-refractivity contribution is 0.291. The summed E-state index contributed by atoms with van der Waals surface area (Å²) in [5.41, 5.74) is 5.67. The molecule has 0 aromatic carbocycles. The smallest absolute Gasteiger partial charge is 0.152 e. The number of nitrogens with two attached hydrogens (primary N) is 1. The molecule has 0 saturated carbocycles. The first-order valence-electron chi connectivity index (χ1n) is 6.84. The van der Waals surface area contributed by atoms with Crippen LogP contribution in [0.4, 0.5) is 0 Å². The van der Waals surface area contributed by atoms with E-state index < -0.39 is 9.84 Å². The van der Waals surface area contributed by atoms with E-state index in [1.165, 1.54) is 0 Å². The van der Waals surface area contributed by atoms with Gasteiger partial charge >= 0.3 is 0 Å². The minimum atomic E-state index is -2.81. The van der Waals surface area contributed by atoms with Gasteiger partial charge in [0, 0.05) is 5.54 Å². The molecule has 0 spiro atoms. The third-order valence-corrected chi connectivity index (χ3v) is 5.81. The standard InChI is InChI=1S/C13H28N2O2S/c1-12(2,6-8-14)5-4-9-15-13(3)7-10-18(16,17)11-13/h15H,4-11,14H2,1-3H3. The van der Waals surface area contributed by atoms with Gasteiger partial charge in [-0.05, 0) is 51.1 Å². The normalized spacial score (nSPS) is 27.6. The van der Waals surface area contributed by atoms with Crippen LogP contribution in [0.2, 0.25) is 0 Å². The summed E-state index contributed by atoms with van der Waals surface area (Å²) < 4.78 is 22.9. The highest BCUT2D eigenvalue weighted by atomic mass is 32.2. The summed E-state index contributed by atoms with van der Waals surface area (Å²) in [6.45, 7) is 8.11. The van der Waals surface area contributed by atoms with Gasteiger partial charge in [0.15, 0.2) is 9.84 Å². The molecular formula is C13H28N2O2S. The third-order valence-electron chi connectivity index (χ3n) is 3.91. The van der Waals surface area contributed by atoms with Crippen molar-refractivity contribution in [2.45, 2.75) is 52.0 Å². The summed E-state index contributed by atoms with van der Waals surface area (Å²) >= 11 is 0. The maximum Gasteiger partial charge on any atom is 0.152 e. The average molecular weight is 276 g/mol. The van der Waals surface area contributed by atoms with Gasteiger partial charge in [-0.25, -0.2) is 8.42 Å². The highest BCUT2D eigenvalue weighted by molar-refractivity contribution is 7.91. The fourth-order valence-corrected chi connectivity index (χ4v) is 4.75. The summed E-state index contributed by atoms with van der Waals surface area (Å²) in [6, 6.07) is 0. The maximum atomic E-state index is 11.5. The Bertz CT molecular complexity index is 365. The van der Waals surface area contributed by atoms with Gasteiger partial charge in [-0.3, -0.25) is 0 Å². The first kappa shape index (κ1) is 15.9. The van der Waals surface area contributed by atoms with Crippen molar-refractivity contribution in [1.82, 2.24) is 5.32 Å². The largest absolute Gasteiger partial charge is 0.330 e. The van der Waals surface area contributed by atoms with Gasteiger partial charge in [0.1, 0.15) is 0 Å². The van der Waals surface area contributed by atoms with E-state index in [1.807, 2.05) is 6.92 Å². The Labute approximate surface area is 112 Å². The summed E-state index contributed by atoms with van der Waals surface area (Å²) in [6.07, 6.45) is 3.98. The summed E-state index contributed by atoms with van der Waals surface area (Å²) in [7, 11) is -2.81. The van der Waals surface area contributed by atoms with E-state index in [0.717, 1.165) is 38.8 Å². The Hall–Kier alpha value is -0.130. The summed E-state index contributed by atoms with van der Waals surface area (Å²) in [4.78, 5) is 0. The Morgan fingerprint density at radius 1 is 1.33 bits per heavy atom. The highest BCUT2D eigenvalue weighted by Gasteiger charge is 2.37. The summed E-state index contributed by atoms with van der Waals surface area (Å²) in [5.74, 6) is 0.612. The van der Waals surface area contributed by atoms with E-state index in [0.29, 0.717) is 11.2 Å². The van der Waals surface area contributed by atoms with Crippen LogP contribution in [0.15, 0.2) is 0 Å². The highest BCUT2D eigenvalue weighted by Crippen LogP contribution is 2.26. The van der Waals surface area contributed by atoms with Crippen LogP contribution < -0.4 is 11.1 Å². The quantitative estimate of drug-likeness (QED) is 0.688. The fourth-order valence-electron chi connectivity index (χ4n) is 2.62. The molecule has 0 aromatic rings. The molecule has 108 valence electrons. The number of hydrogen-bond acceptors (Lipinski definition) is 4. The van der Waals surface area contributed by atoms with Crippen molar-refractivity contribution < 1.29 is 8.42 Å². The van der Waals surface area contributed by atoms with Crippen LogP contribution >= 0.6 is 0 Å². The lowest BCUT2D eigenvalue weighted by atomic mass is 9.84. The molecule has 1 unspecified atom stereocenters. The molecule has 4 nitrogen and oxygen atoms in total. The van der Waals surface area contributed by atoms with Crippen LogP contribution in [0.1, 0.15) is 46.5 Å². The van der Waals surface area contributed by atoms with Gasteiger partial charge < -0.3 is 11.1 Å². The van der Waals surface area contributed by atoms with Crippen molar-refractivity contribution in [3.63, 3.8) is 0 Å². The molecule has 0 amide bonds. The van der Waals surface area contributed by atoms with Gasteiger partial charge in [0.25, 0.3) is 0 Å². The first-order chi connectivity index (χ1) is 8.18. The number of sulfone groups is 1. The van der Waals surface area contributed by atoms with Gasteiger partial charge in [0.05, 0.1) is 11.5 Å². The molecule has 18 heavy (non-hydrogen) atoms. The number of hydrogen-bond donors (Lipinski definition) is 2. The molecule has 1 rings (SSSR count). The van der Waals surface area contributed by atoms with E-state index >= 15 is 0 Å². The molecule has 1 atom stereocenters. The lowest BCUT2D eigenvalue weighted by Gasteiger charge is -2.27. The van der Waals surface area contributed by atoms with Gasteiger partial charge in [-0.2, -0.15) is 0 Å². The molecular weight excluding hydrogens is 248 g/mol. The molecule has 0 radical (unpaired) electrons. The van der Waals surface area contributed by atoms with Crippen molar-refractivity contribution in [2.75, 3.05) is 24.6 Å². The minimum absolute atomic E-state index is 0.211. The molecule has 5 heteroatoms. The predicted molar refractivity (Wildman–Crippen MR) is 76.4 cm³/mol. The molecule has 0 aromatic heterocycles. The second-order valence-electron chi connectivity index (χ2n) is 6.64. The lowest BCUT2D eigenvalue weighted by Crippen LogP contribution is -2.44. The zero-order chi connectivity index (χ0) is 13.9.